The van der Waals surface area contributed by atoms with Gasteiger partial charge in [-0.3, -0.25) is 4.79 Å². The Bertz CT molecular complexity index is 1060. The van der Waals surface area contributed by atoms with Crippen LogP contribution in [0.3, 0.4) is 0 Å². The van der Waals surface area contributed by atoms with Crippen LogP contribution >= 0.6 is 11.8 Å². The van der Waals surface area contributed by atoms with Crippen molar-refractivity contribution in [3.63, 3.8) is 0 Å². The molecule has 1 aliphatic rings. The van der Waals surface area contributed by atoms with E-state index in [1.54, 1.807) is 30.5 Å². The van der Waals surface area contributed by atoms with Gasteiger partial charge in [0.2, 0.25) is 5.88 Å². The molecule has 30 heavy (non-hydrogen) atoms. The van der Waals surface area contributed by atoms with Crippen LogP contribution in [0, 0.1) is 17.7 Å². The third kappa shape index (κ3) is 5.23. The van der Waals surface area contributed by atoms with Crippen LogP contribution in [0.25, 0.3) is 0 Å². The number of ketones is 1. The van der Waals surface area contributed by atoms with Gasteiger partial charge < -0.3 is 15.6 Å². The number of hydrogen-bond acceptors (Lipinski definition) is 8. The Hall–Kier alpha value is -3.22. The van der Waals surface area contributed by atoms with Crippen molar-refractivity contribution in [2.75, 3.05) is 13.2 Å². The minimum absolute atomic E-state index is 0.0257. The average molecular weight is 426 g/mol. The van der Waals surface area contributed by atoms with Gasteiger partial charge in [0.25, 0.3) is 0 Å². The first-order chi connectivity index (χ1) is 14.4. The number of Topliss-reactive ketones (excluding diaryl/α,β-unsaturated/α-hetero) is 1. The summed E-state index contributed by atoms with van der Waals surface area (Å²) in [5, 5.41) is 10.7. The predicted molar refractivity (Wildman–Crippen MR) is 113 cm³/mol. The van der Waals surface area contributed by atoms with Crippen LogP contribution in [0.2, 0.25) is 0 Å². The van der Waals surface area contributed by atoms with E-state index in [4.69, 9.17) is 15.6 Å². The van der Waals surface area contributed by atoms with E-state index in [9.17, 15) is 9.18 Å². The van der Waals surface area contributed by atoms with Crippen molar-refractivity contribution in [3.05, 3.63) is 64.7 Å². The Labute approximate surface area is 177 Å². The number of aliphatic hydroxyl groups is 1. The molecule has 2 aromatic rings. The topological polar surface area (TPSA) is 111 Å². The van der Waals surface area contributed by atoms with Crippen molar-refractivity contribution >= 4 is 22.7 Å². The number of hydrogen-bond donors (Lipinski definition) is 2. The first-order valence-corrected chi connectivity index (χ1v) is 9.82. The molecule has 0 bridgehead atoms. The highest BCUT2D eigenvalue weighted by Crippen LogP contribution is 2.34. The number of carbonyl (C=O) groups is 1. The van der Waals surface area contributed by atoms with E-state index in [2.05, 4.69) is 26.8 Å². The van der Waals surface area contributed by atoms with Gasteiger partial charge in [0.05, 0.1) is 12.4 Å². The fraction of sp³-hybridized carbons (Fsp3) is 0.238. The van der Waals surface area contributed by atoms with Crippen LogP contribution in [-0.4, -0.2) is 39.2 Å². The number of halogens is 1. The third-order valence-corrected chi connectivity index (χ3v) is 4.88. The Kier molecular flexibility index (Phi) is 6.82. The van der Waals surface area contributed by atoms with Crippen LogP contribution in [0.4, 0.5) is 4.39 Å². The number of aliphatic imine (C=N–C) groups is 1. The Morgan fingerprint density at radius 1 is 1.33 bits per heavy atom. The minimum Gasteiger partial charge on any atom is -0.463 e. The number of amidine groups is 1. The maximum atomic E-state index is 14.5. The second-order valence-electron chi connectivity index (χ2n) is 6.47. The van der Waals surface area contributed by atoms with Crippen LogP contribution in [0.5, 0.6) is 5.88 Å². The summed E-state index contributed by atoms with van der Waals surface area (Å²) < 4.78 is 19.7. The van der Waals surface area contributed by atoms with Crippen molar-refractivity contribution in [1.29, 1.82) is 0 Å². The summed E-state index contributed by atoms with van der Waals surface area (Å²) >= 11 is 1.27. The maximum absolute atomic E-state index is 14.5. The summed E-state index contributed by atoms with van der Waals surface area (Å²) in [7, 11) is 0. The zero-order valence-corrected chi connectivity index (χ0v) is 16.9. The first kappa shape index (κ1) is 21.5. The first-order valence-electron chi connectivity index (χ1n) is 8.94. The normalized spacial score (nSPS) is 17.6. The lowest BCUT2D eigenvalue weighted by Gasteiger charge is -2.26. The van der Waals surface area contributed by atoms with Gasteiger partial charge in [-0.1, -0.05) is 29.7 Å². The third-order valence-electron chi connectivity index (χ3n) is 4.27. The molecular formula is C21H19FN4O3S. The van der Waals surface area contributed by atoms with E-state index in [1.165, 1.54) is 30.2 Å². The van der Waals surface area contributed by atoms with Gasteiger partial charge in [-0.15, -0.1) is 0 Å². The lowest BCUT2D eigenvalue weighted by Crippen LogP contribution is -2.25. The summed E-state index contributed by atoms with van der Waals surface area (Å²) in [6, 6.07) is 4.49. The van der Waals surface area contributed by atoms with Gasteiger partial charge in [-0.2, -0.15) is 0 Å². The fourth-order valence-electron chi connectivity index (χ4n) is 2.78. The van der Waals surface area contributed by atoms with Crippen molar-refractivity contribution in [2.45, 2.75) is 18.9 Å². The van der Waals surface area contributed by atoms with Gasteiger partial charge in [-0.25, -0.2) is 19.4 Å². The number of aromatic nitrogens is 2. The maximum Gasteiger partial charge on any atom is 0.233 e. The lowest BCUT2D eigenvalue weighted by atomic mass is 9.90. The van der Waals surface area contributed by atoms with Crippen molar-refractivity contribution in [2.24, 2.45) is 10.7 Å². The number of nitrogens with zero attached hydrogens (tertiary/aromatic N) is 3. The Balaban J connectivity index is 1.73. The van der Waals surface area contributed by atoms with Crippen LogP contribution in [0.1, 0.15) is 28.5 Å². The highest BCUT2D eigenvalue weighted by atomic mass is 32.2. The Morgan fingerprint density at radius 2 is 2.17 bits per heavy atom. The molecule has 0 unspecified atom stereocenters. The van der Waals surface area contributed by atoms with Gasteiger partial charge in [-0.05, 0) is 36.1 Å². The number of benzene rings is 1. The van der Waals surface area contributed by atoms with E-state index in [0.717, 1.165) is 0 Å². The van der Waals surface area contributed by atoms with Crippen molar-refractivity contribution in [1.82, 2.24) is 9.97 Å². The molecule has 0 fully saturated rings. The molecule has 3 N–H and O–H groups in total. The molecule has 3 rings (SSSR count). The van der Waals surface area contributed by atoms with E-state index in [1.807, 2.05) is 0 Å². The predicted octanol–water partition coefficient (Wildman–Crippen LogP) is 2.21. The molecule has 2 heterocycles. The van der Waals surface area contributed by atoms with Gasteiger partial charge in [0, 0.05) is 12.0 Å². The zero-order chi connectivity index (χ0) is 21.6. The zero-order valence-electron chi connectivity index (χ0n) is 16.1. The molecule has 0 saturated carbocycles. The van der Waals surface area contributed by atoms with Crippen LogP contribution in [-0.2, 0) is 12.0 Å². The van der Waals surface area contributed by atoms with Crippen molar-refractivity contribution in [3.8, 4) is 17.7 Å². The summed E-state index contributed by atoms with van der Waals surface area (Å²) in [5.41, 5.74) is 5.98. The van der Waals surface area contributed by atoms with Crippen LogP contribution < -0.4 is 10.5 Å². The number of rotatable bonds is 6. The van der Waals surface area contributed by atoms with E-state index < -0.39 is 11.4 Å². The van der Waals surface area contributed by atoms with Gasteiger partial charge in [0.1, 0.15) is 23.7 Å². The van der Waals surface area contributed by atoms with E-state index >= 15 is 0 Å². The summed E-state index contributed by atoms with van der Waals surface area (Å²) in [6.07, 6.45) is 4.44. The largest absolute Gasteiger partial charge is 0.463 e. The molecule has 154 valence electrons. The summed E-state index contributed by atoms with van der Waals surface area (Å²) in [6.45, 7) is 1.57. The number of nitrogens with two attached hydrogens (primary N) is 1. The molecule has 0 spiro atoms. The highest BCUT2D eigenvalue weighted by Gasteiger charge is 2.29. The molecule has 1 aromatic heterocycles. The molecule has 0 radical (unpaired) electrons. The molecule has 0 aliphatic carbocycles. The standard InChI is InChI=1S/C21H19FN4O3S/c1-21(6-9-30-20(23)26-21)15-10-14(4-5-16(15)22)11-18(28)17-12-25-19(13-24-17)29-8-3-2-7-27/h4-6,9-10,12-13,27H,7-8,11H2,1H3,(H2,23,26)/t21-/m0/s1. The minimum atomic E-state index is -0.934. The second-order valence-corrected chi connectivity index (χ2v) is 7.40. The number of ether oxygens (including phenoxy) is 1. The van der Waals surface area contributed by atoms with E-state index in [0.29, 0.717) is 16.3 Å². The molecular weight excluding hydrogens is 407 g/mol. The molecule has 1 aliphatic heterocycles. The number of aliphatic hydroxyl groups excluding tert-OH is 1. The van der Waals surface area contributed by atoms with Gasteiger partial charge >= 0.3 is 0 Å². The molecule has 0 amide bonds. The number of carbonyl (C=O) groups excluding carboxylic acids is 1. The highest BCUT2D eigenvalue weighted by molar-refractivity contribution is 8.16. The second kappa shape index (κ2) is 9.52. The molecule has 7 nitrogen and oxygen atoms in total. The van der Waals surface area contributed by atoms with E-state index in [-0.39, 0.29) is 37.0 Å². The number of thioether (sulfide) groups is 1. The smallest absolute Gasteiger partial charge is 0.233 e. The monoisotopic (exact) mass is 426 g/mol. The molecule has 1 atom stereocenters. The average Bonchev–Trinajstić information content (AvgIpc) is 2.73. The lowest BCUT2D eigenvalue weighted by molar-refractivity contribution is 0.0987. The van der Waals surface area contributed by atoms with Gasteiger partial charge in [0.15, 0.2) is 17.6 Å². The molecule has 1 aromatic carbocycles. The Morgan fingerprint density at radius 3 is 2.87 bits per heavy atom. The molecule has 9 heteroatoms. The summed E-state index contributed by atoms with van der Waals surface area (Å²) in [4.78, 5) is 25.0. The summed E-state index contributed by atoms with van der Waals surface area (Å²) in [5.74, 6) is 4.55. The quantitative estimate of drug-likeness (QED) is 0.538. The fourth-order valence-corrected chi connectivity index (χ4v) is 3.49. The molecule has 0 saturated heterocycles. The SMILES string of the molecule is C[C@@]1(c2cc(CC(=O)c3cnc(OCC#CCO)cn3)ccc2F)C=CSC(N)=N1. The van der Waals surface area contributed by atoms with Crippen molar-refractivity contribution < 1.29 is 19.0 Å². The van der Waals surface area contributed by atoms with Crippen LogP contribution in [0.15, 0.2) is 47.1 Å².